The summed E-state index contributed by atoms with van der Waals surface area (Å²) in [6.07, 6.45) is 1.53. The van der Waals surface area contributed by atoms with Crippen LogP contribution in [0, 0.1) is 13.8 Å². The second kappa shape index (κ2) is 6.30. The molecule has 1 aromatic heterocycles. The van der Waals surface area contributed by atoms with Crippen LogP contribution in [0.3, 0.4) is 0 Å². The highest BCUT2D eigenvalue weighted by Gasteiger charge is 2.15. The minimum atomic E-state index is -3.69. The molecule has 124 valence electrons. The highest BCUT2D eigenvalue weighted by Crippen LogP contribution is 2.24. The zero-order valence-corrected chi connectivity index (χ0v) is 14.6. The Hall–Kier alpha value is -2.31. The number of benzene rings is 2. The standard InChI is InChI=1S/C17H15ClN2O3S/c1-11-3-6-14(9-16(11)18)20-24(21,22)15-7-4-13(5-8-15)17-10-23-12(2)19-17/h3-10,20H,1-2H3. The van der Waals surface area contributed by atoms with Crippen molar-refractivity contribution >= 4 is 27.3 Å². The lowest BCUT2D eigenvalue weighted by Gasteiger charge is -2.09. The van der Waals surface area contributed by atoms with E-state index in [1.165, 1.54) is 18.4 Å². The number of sulfonamides is 1. The van der Waals surface area contributed by atoms with Crippen molar-refractivity contribution in [1.29, 1.82) is 0 Å². The number of hydrogen-bond donors (Lipinski definition) is 1. The third-order valence-electron chi connectivity index (χ3n) is 3.50. The zero-order chi connectivity index (χ0) is 17.3. The van der Waals surface area contributed by atoms with Crippen LogP contribution < -0.4 is 4.72 Å². The van der Waals surface area contributed by atoms with Gasteiger partial charge in [0.1, 0.15) is 12.0 Å². The highest BCUT2D eigenvalue weighted by molar-refractivity contribution is 7.92. The number of rotatable bonds is 4. The van der Waals surface area contributed by atoms with Gasteiger partial charge in [0.25, 0.3) is 10.0 Å². The number of anilines is 1. The van der Waals surface area contributed by atoms with E-state index in [-0.39, 0.29) is 4.90 Å². The average Bonchev–Trinajstić information content (AvgIpc) is 2.97. The van der Waals surface area contributed by atoms with Crippen molar-refractivity contribution in [1.82, 2.24) is 4.98 Å². The van der Waals surface area contributed by atoms with Crippen molar-refractivity contribution in [2.45, 2.75) is 18.7 Å². The predicted molar refractivity (Wildman–Crippen MR) is 93.7 cm³/mol. The molecule has 0 aliphatic heterocycles. The molecule has 5 nitrogen and oxygen atoms in total. The molecule has 0 aliphatic rings. The van der Waals surface area contributed by atoms with Gasteiger partial charge in [-0.3, -0.25) is 4.72 Å². The second-order valence-electron chi connectivity index (χ2n) is 5.35. The van der Waals surface area contributed by atoms with Gasteiger partial charge < -0.3 is 4.42 Å². The Kier molecular flexibility index (Phi) is 4.34. The molecule has 0 saturated carbocycles. The lowest BCUT2D eigenvalue weighted by atomic mass is 10.2. The summed E-state index contributed by atoms with van der Waals surface area (Å²) in [5, 5.41) is 0.506. The van der Waals surface area contributed by atoms with Gasteiger partial charge in [0.2, 0.25) is 0 Å². The van der Waals surface area contributed by atoms with E-state index in [0.717, 1.165) is 11.1 Å². The predicted octanol–water partition coefficient (Wildman–Crippen LogP) is 4.41. The van der Waals surface area contributed by atoms with Gasteiger partial charge in [-0.15, -0.1) is 0 Å². The number of oxazole rings is 1. The van der Waals surface area contributed by atoms with Crippen LogP contribution in [-0.4, -0.2) is 13.4 Å². The van der Waals surface area contributed by atoms with E-state index in [1.54, 1.807) is 37.3 Å². The summed E-state index contributed by atoms with van der Waals surface area (Å²) in [5.74, 6) is 0.555. The first kappa shape index (κ1) is 16.5. The molecule has 0 saturated heterocycles. The summed E-state index contributed by atoms with van der Waals surface area (Å²) >= 11 is 6.03. The molecule has 0 bridgehead atoms. The Morgan fingerprint density at radius 1 is 1.08 bits per heavy atom. The topological polar surface area (TPSA) is 72.2 Å². The fraction of sp³-hybridized carbons (Fsp3) is 0.118. The summed E-state index contributed by atoms with van der Waals surface area (Å²) in [4.78, 5) is 4.37. The van der Waals surface area contributed by atoms with Crippen LogP contribution in [0.2, 0.25) is 5.02 Å². The Bertz CT molecular complexity index is 979. The number of aromatic nitrogens is 1. The number of aryl methyl sites for hydroxylation is 2. The molecular formula is C17H15ClN2O3S. The van der Waals surface area contributed by atoms with Gasteiger partial charge in [0.15, 0.2) is 5.89 Å². The SMILES string of the molecule is Cc1nc(-c2ccc(S(=O)(=O)Nc3ccc(C)c(Cl)c3)cc2)co1. The van der Waals surface area contributed by atoms with Crippen LogP contribution in [-0.2, 0) is 10.0 Å². The third-order valence-corrected chi connectivity index (χ3v) is 5.31. The fourth-order valence-electron chi connectivity index (χ4n) is 2.17. The van der Waals surface area contributed by atoms with Crippen LogP contribution in [0.25, 0.3) is 11.3 Å². The van der Waals surface area contributed by atoms with E-state index in [1.807, 2.05) is 6.92 Å². The van der Waals surface area contributed by atoms with Gasteiger partial charge in [0.05, 0.1) is 10.6 Å². The molecule has 2 aromatic carbocycles. The maximum absolute atomic E-state index is 12.5. The molecule has 3 aromatic rings. The van der Waals surface area contributed by atoms with Gasteiger partial charge in [-0.1, -0.05) is 29.8 Å². The van der Waals surface area contributed by atoms with Crippen LogP contribution in [0.15, 0.2) is 58.0 Å². The van der Waals surface area contributed by atoms with Crippen molar-refractivity contribution in [3.8, 4) is 11.3 Å². The molecule has 24 heavy (non-hydrogen) atoms. The largest absolute Gasteiger partial charge is 0.449 e. The molecule has 0 atom stereocenters. The molecular weight excluding hydrogens is 348 g/mol. The quantitative estimate of drug-likeness (QED) is 0.746. The van der Waals surface area contributed by atoms with Gasteiger partial charge in [-0.05, 0) is 36.8 Å². The normalized spacial score (nSPS) is 11.5. The molecule has 0 fully saturated rings. The monoisotopic (exact) mass is 362 g/mol. The Morgan fingerprint density at radius 2 is 1.79 bits per heavy atom. The average molecular weight is 363 g/mol. The Labute approximate surface area is 145 Å². The third kappa shape index (κ3) is 3.44. The lowest BCUT2D eigenvalue weighted by Crippen LogP contribution is -2.12. The van der Waals surface area contributed by atoms with Gasteiger partial charge in [-0.25, -0.2) is 13.4 Å². The molecule has 3 rings (SSSR count). The first-order valence-electron chi connectivity index (χ1n) is 7.17. The first-order chi connectivity index (χ1) is 11.3. The Morgan fingerprint density at radius 3 is 2.38 bits per heavy atom. The molecule has 7 heteroatoms. The number of hydrogen-bond acceptors (Lipinski definition) is 4. The number of nitrogens with one attached hydrogen (secondary N) is 1. The van der Waals surface area contributed by atoms with E-state index in [0.29, 0.717) is 22.3 Å². The second-order valence-corrected chi connectivity index (χ2v) is 7.44. The molecule has 0 unspecified atom stereocenters. The van der Waals surface area contributed by atoms with E-state index in [9.17, 15) is 8.42 Å². The maximum atomic E-state index is 12.5. The number of nitrogens with zero attached hydrogens (tertiary/aromatic N) is 1. The van der Waals surface area contributed by atoms with Crippen molar-refractivity contribution in [3.05, 3.63) is 65.2 Å². The summed E-state index contributed by atoms with van der Waals surface area (Å²) in [6, 6.07) is 11.4. The number of halogens is 1. The maximum Gasteiger partial charge on any atom is 0.261 e. The van der Waals surface area contributed by atoms with E-state index < -0.39 is 10.0 Å². The van der Waals surface area contributed by atoms with Crippen molar-refractivity contribution in [3.63, 3.8) is 0 Å². The molecule has 0 spiro atoms. The van der Waals surface area contributed by atoms with Crippen LogP contribution in [0.4, 0.5) is 5.69 Å². The van der Waals surface area contributed by atoms with E-state index >= 15 is 0 Å². The van der Waals surface area contributed by atoms with Crippen LogP contribution in [0.5, 0.6) is 0 Å². The minimum absolute atomic E-state index is 0.156. The van der Waals surface area contributed by atoms with Crippen LogP contribution in [0.1, 0.15) is 11.5 Å². The molecule has 0 aliphatic carbocycles. The van der Waals surface area contributed by atoms with Crippen LogP contribution >= 0.6 is 11.6 Å². The van der Waals surface area contributed by atoms with Gasteiger partial charge in [-0.2, -0.15) is 0 Å². The molecule has 1 N–H and O–H groups in total. The highest BCUT2D eigenvalue weighted by atomic mass is 35.5. The summed E-state index contributed by atoms with van der Waals surface area (Å²) in [7, 11) is -3.69. The van der Waals surface area contributed by atoms with E-state index in [2.05, 4.69) is 9.71 Å². The summed E-state index contributed by atoms with van der Waals surface area (Å²) < 4.78 is 32.6. The minimum Gasteiger partial charge on any atom is -0.449 e. The summed E-state index contributed by atoms with van der Waals surface area (Å²) in [6.45, 7) is 3.60. The first-order valence-corrected chi connectivity index (χ1v) is 9.03. The molecule has 0 radical (unpaired) electrons. The lowest BCUT2D eigenvalue weighted by molar-refractivity contribution is 0.521. The van der Waals surface area contributed by atoms with Gasteiger partial charge >= 0.3 is 0 Å². The molecule has 0 amide bonds. The smallest absolute Gasteiger partial charge is 0.261 e. The van der Waals surface area contributed by atoms with Gasteiger partial charge in [0, 0.05) is 17.5 Å². The van der Waals surface area contributed by atoms with Crippen molar-refractivity contribution in [2.24, 2.45) is 0 Å². The van der Waals surface area contributed by atoms with Crippen molar-refractivity contribution in [2.75, 3.05) is 4.72 Å². The fourth-order valence-corrected chi connectivity index (χ4v) is 3.40. The summed E-state index contributed by atoms with van der Waals surface area (Å²) in [5.41, 5.74) is 2.74. The van der Waals surface area contributed by atoms with Crippen molar-refractivity contribution < 1.29 is 12.8 Å². The Balaban J connectivity index is 1.85. The zero-order valence-electron chi connectivity index (χ0n) is 13.1. The molecule has 1 heterocycles. The van der Waals surface area contributed by atoms with E-state index in [4.69, 9.17) is 16.0 Å².